The zero-order valence-electron chi connectivity index (χ0n) is 11.0. The first-order chi connectivity index (χ1) is 9.37. The molecule has 0 fully saturated rings. The number of aromatic nitrogens is 1. The van der Waals surface area contributed by atoms with Crippen molar-refractivity contribution in [2.24, 2.45) is 7.05 Å². The first-order valence-corrected chi connectivity index (χ1v) is 7.25. The fourth-order valence-electron chi connectivity index (χ4n) is 1.78. The fraction of sp³-hybridized carbons (Fsp3) is 0.333. The first kappa shape index (κ1) is 14.3. The smallest absolute Gasteiger partial charge is 0.408 e. The van der Waals surface area contributed by atoms with Crippen molar-refractivity contribution in [2.45, 2.75) is 11.3 Å². The molecule has 0 spiro atoms. The maximum absolute atomic E-state index is 12.3. The molecule has 7 nitrogen and oxygen atoms in total. The SMILES string of the molecule is CN(CCC#N)S(=O)(=O)c1ccc2c(c1)oc(=O)n2C. The third-order valence-electron chi connectivity index (χ3n) is 3.01. The molecule has 0 aliphatic carbocycles. The minimum atomic E-state index is -3.70. The van der Waals surface area contributed by atoms with Crippen LogP contribution in [0.5, 0.6) is 0 Å². The molecule has 2 aromatic rings. The van der Waals surface area contributed by atoms with Gasteiger partial charge in [-0.1, -0.05) is 0 Å². The molecular formula is C12H13N3O4S. The monoisotopic (exact) mass is 295 g/mol. The number of benzene rings is 1. The van der Waals surface area contributed by atoms with Crippen molar-refractivity contribution in [1.29, 1.82) is 5.26 Å². The molecule has 0 N–H and O–H groups in total. The van der Waals surface area contributed by atoms with Crippen molar-refractivity contribution in [1.82, 2.24) is 8.87 Å². The normalized spacial score (nSPS) is 11.9. The summed E-state index contributed by atoms with van der Waals surface area (Å²) in [5.41, 5.74) is 0.737. The second kappa shape index (κ2) is 5.11. The van der Waals surface area contributed by atoms with E-state index >= 15 is 0 Å². The van der Waals surface area contributed by atoms with E-state index in [1.54, 1.807) is 7.05 Å². The minimum Gasteiger partial charge on any atom is -0.408 e. The number of aryl methyl sites for hydroxylation is 1. The molecule has 1 heterocycles. The summed E-state index contributed by atoms with van der Waals surface area (Å²) in [5.74, 6) is -0.549. The van der Waals surface area contributed by atoms with Crippen LogP contribution in [-0.2, 0) is 17.1 Å². The number of fused-ring (bicyclic) bond motifs is 1. The number of sulfonamides is 1. The van der Waals surface area contributed by atoms with Gasteiger partial charge in [0.25, 0.3) is 0 Å². The van der Waals surface area contributed by atoms with Crippen molar-refractivity contribution in [3.8, 4) is 6.07 Å². The third-order valence-corrected chi connectivity index (χ3v) is 4.86. The summed E-state index contributed by atoms with van der Waals surface area (Å²) in [4.78, 5) is 11.4. The predicted octanol–water partition coefficient (Wildman–Crippen LogP) is 0.666. The lowest BCUT2D eigenvalue weighted by atomic mass is 10.3. The van der Waals surface area contributed by atoms with Crippen LogP contribution in [0.25, 0.3) is 11.1 Å². The van der Waals surface area contributed by atoms with Crippen LogP contribution in [0.1, 0.15) is 6.42 Å². The van der Waals surface area contributed by atoms with Crippen molar-refractivity contribution >= 4 is 21.1 Å². The van der Waals surface area contributed by atoms with Crippen molar-refractivity contribution in [3.63, 3.8) is 0 Å². The molecule has 0 amide bonds. The summed E-state index contributed by atoms with van der Waals surface area (Å²) in [7, 11) is -0.751. The van der Waals surface area contributed by atoms with Gasteiger partial charge < -0.3 is 4.42 Å². The van der Waals surface area contributed by atoms with E-state index in [9.17, 15) is 13.2 Å². The number of oxazole rings is 1. The number of nitriles is 1. The molecule has 8 heteroatoms. The lowest BCUT2D eigenvalue weighted by Gasteiger charge is -2.15. The van der Waals surface area contributed by atoms with Gasteiger partial charge >= 0.3 is 5.76 Å². The Kier molecular flexibility index (Phi) is 3.65. The molecule has 0 radical (unpaired) electrons. The lowest BCUT2D eigenvalue weighted by molar-refractivity contribution is 0.476. The fourth-order valence-corrected chi connectivity index (χ4v) is 2.97. The van der Waals surface area contributed by atoms with Gasteiger partial charge in [0.1, 0.15) is 0 Å². The van der Waals surface area contributed by atoms with E-state index in [0.29, 0.717) is 5.52 Å². The molecule has 106 valence electrons. The van der Waals surface area contributed by atoms with Crippen molar-refractivity contribution < 1.29 is 12.8 Å². The van der Waals surface area contributed by atoms with E-state index in [4.69, 9.17) is 9.68 Å². The summed E-state index contributed by atoms with van der Waals surface area (Å²) >= 11 is 0. The van der Waals surface area contributed by atoms with E-state index in [-0.39, 0.29) is 23.4 Å². The Morgan fingerprint density at radius 2 is 2.15 bits per heavy atom. The zero-order chi connectivity index (χ0) is 14.9. The van der Waals surface area contributed by atoms with Crippen molar-refractivity contribution in [3.05, 3.63) is 28.7 Å². The lowest BCUT2D eigenvalue weighted by Crippen LogP contribution is -2.27. The van der Waals surface area contributed by atoms with Crippen LogP contribution in [0.15, 0.2) is 32.3 Å². The molecule has 0 unspecified atom stereocenters. The third kappa shape index (κ3) is 2.33. The van der Waals surface area contributed by atoms with Gasteiger partial charge in [0.15, 0.2) is 5.58 Å². The Balaban J connectivity index is 2.48. The topological polar surface area (TPSA) is 96.3 Å². The Morgan fingerprint density at radius 1 is 1.45 bits per heavy atom. The van der Waals surface area contributed by atoms with Crippen LogP contribution in [0, 0.1) is 11.3 Å². The van der Waals surface area contributed by atoms with Crippen LogP contribution < -0.4 is 5.76 Å². The quantitative estimate of drug-likeness (QED) is 0.825. The van der Waals surface area contributed by atoms with Crippen LogP contribution in [0.4, 0.5) is 0 Å². The summed E-state index contributed by atoms with van der Waals surface area (Å²) in [6.45, 7) is 0.107. The second-order valence-electron chi connectivity index (χ2n) is 4.29. The van der Waals surface area contributed by atoms with Gasteiger partial charge in [0, 0.05) is 33.1 Å². The molecule has 0 atom stereocenters. The van der Waals surface area contributed by atoms with E-state index in [1.165, 1.54) is 29.8 Å². The molecule has 2 rings (SSSR count). The van der Waals surface area contributed by atoms with Crippen LogP contribution >= 0.6 is 0 Å². The average molecular weight is 295 g/mol. The van der Waals surface area contributed by atoms with E-state index in [1.807, 2.05) is 6.07 Å². The maximum Gasteiger partial charge on any atom is 0.419 e. The molecule has 1 aromatic heterocycles. The average Bonchev–Trinajstić information content (AvgIpc) is 2.70. The molecule has 0 saturated heterocycles. The first-order valence-electron chi connectivity index (χ1n) is 5.81. The van der Waals surface area contributed by atoms with Crippen molar-refractivity contribution in [2.75, 3.05) is 13.6 Å². The molecule has 20 heavy (non-hydrogen) atoms. The Morgan fingerprint density at radius 3 is 2.80 bits per heavy atom. The van der Waals surface area contributed by atoms with Gasteiger partial charge in [0.05, 0.1) is 16.5 Å². The Labute approximate surface area is 115 Å². The Hall–Kier alpha value is -2.11. The summed E-state index contributed by atoms with van der Waals surface area (Å²) in [6, 6.07) is 6.14. The largest absolute Gasteiger partial charge is 0.419 e. The predicted molar refractivity (Wildman–Crippen MR) is 71.5 cm³/mol. The molecule has 1 aromatic carbocycles. The summed E-state index contributed by atoms with van der Waals surface area (Å²) in [5, 5.41) is 8.50. The van der Waals surface area contributed by atoms with E-state index < -0.39 is 15.8 Å². The van der Waals surface area contributed by atoms with Crippen LogP contribution in [0.2, 0.25) is 0 Å². The second-order valence-corrected chi connectivity index (χ2v) is 6.34. The van der Waals surface area contributed by atoms with Crippen LogP contribution in [-0.4, -0.2) is 30.9 Å². The molecule has 0 saturated carbocycles. The Bertz CT molecular complexity index is 842. The standard InChI is InChI=1S/C12H13N3O4S/c1-14(7-3-6-13)20(17,18)9-4-5-10-11(8-9)19-12(16)15(10)2/h4-5,8H,3,7H2,1-2H3. The van der Waals surface area contributed by atoms with Gasteiger partial charge in [-0.05, 0) is 12.1 Å². The van der Waals surface area contributed by atoms with Gasteiger partial charge in [-0.3, -0.25) is 4.57 Å². The molecule has 0 aliphatic rings. The molecule has 0 aliphatic heterocycles. The summed E-state index contributed by atoms with van der Waals surface area (Å²) < 4.78 is 31.9. The highest BCUT2D eigenvalue weighted by atomic mass is 32.2. The molecule has 0 bridgehead atoms. The highest BCUT2D eigenvalue weighted by Gasteiger charge is 2.21. The van der Waals surface area contributed by atoms with Gasteiger partial charge in [-0.15, -0.1) is 0 Å². The number of nitrogens with zero attached hydrogens (tertiary/aromatic N) is 3. The van der Waals surface area contributed by atoms with Crippen LogP contribution in [0.3, 0.4) is 0 Å². The van der Waals surface area contributed by atoms with Gasteiger partial charge in [-0.2, -0.15) is 9.57 Å². The summed E-state index contributed by atoms with van der Waals surface area (Å²) in [6.07, 6.45) is 0.110. The van der Waals surface area contributed by atoms with E-state index in [2.05, 4.69) is 0 Å². The number of rotatable bonds is 4. The van der Waals surface area contributed by atoms with Gasteiger partial charge in [0.2, 0.25) is 10.0 Å². The number of hydrogen-bond donors (Lipinski definition) is 0. The minimum absolute atomic E-state index is 0.0276. The highest BCUT2D eigenvalue weighted by Crippen LogP contribution is 2.20. The van der Waals surface area contributed by atoms with Gasteiger partial charge in [-0.25, -0.2) is 13.2 Å². The zero-order valence-corrected chi connectivity index (χ0v) is 11.8. The highest BCUT2D eigenvalue weighted by molar-refractivity contribution is 7.89. The molecular weight excluding hydrogens is 282 g/mol. The maximum atomic E-state index is 12.3. The van der Waals surface area contributed by atoms with E-state index in [0.717, 1.165) is 4.31 Å². The number of hydrogen-bond acceptors (Lipinski definition) is 5.